The number of carbonyl (C=O) groups is 1. The third-order valence-electron chi connectivity index (χ3n) is 6.14. The molecule has 0 radical (unpaired) electrons. The van der Waals surface area contributed by atoms with Gasteiger partial charge in [0, 0.05) is 11.3 Å². The normalized spacial score (nSPS) is 49.7. The van der Waals surface area contributed by atoms with Crippen LogP contribution in [0.4, 0.5) is 0 Å². The van der Waals surface area contributed by atoms with Gasteiger partial charge in [0.15, 0.2) is 0 Å². The Morgan fingerprint density at radius 3 is 2.68 bits per heavy atom. The number of hydrogen-bond donors (Lipinski definition) is 1. The molecule has 3 rings (SSSR count). The molecule has 2 fully saturated rings. The van der Waals surface area contributed by atoms with Crippen molar-refractivity contribution in [3.05, 3.63) is 11.1 Å². The minimum atomic E-state index is -0.698. The van der Waals surface area contributed by atoms with Crippen LogP contribution in [0.25, 0.3) is 0 Å². The molecule has 106 valence electrons. The van der Waals surface area contributed by atoms with Crippen molar-refractivity contribution < 1.29 is 14.6 Å². The van der Waals surface area contributed by atoms with Gasteiger partial charge in [-0.1, -0.05) is 19.4 Å². The second-order valence-corrected chi connectivity index (χ2v) is 7.15. The van der Waals surface area contributed by atoms with Crippen LogP contribution in [0.2, 0.25) is 0 Å². The Morgan fingerprint density at radius 2 is 2.00 bits per heavy atom. The van der Waals surface area contributed by atoms with Gasteiger partial charge in [0.1, 0.15) is 6.10 Å². The lowest BCUT2D eigenvalue weighted by Crippen LogP contribution is -2.44. The van der Waals surface area contributed by atoms with Crippen molar-refractivity contribution in [2.75, 3.05) is 0 Å². The van der Waals surface area contributed by atoms with Crippen molar-refractivity contribution in [3.63, 3.8) is 0 Å². The average molecular weight is 264 g/mol. The van der Waals surface area contributed by atoms with E-state index >= 15 is 0 Å². The molecule has 19 heavy (non-hydrogen) atoms. The van der Waals surface area contributed by atoms with Crippen molar-refractivity contribution in [1.29, 1.82) is 0 Å². The SMILES string of the molecule is CC1=C2[C@H]3OC(=O)[C@@H](C)[C@@H]3CC[C@](C)(O)[C@@]2(C)CC1. The van der Waals surface area contributed by atoms with E-state index in [2.05, 4.69) is 13.8 Å². The zero-order valence-corrected chi connectivity index (χ0v) is 12.3. The highest BCUT2D eigenvalue weighted by molar-refractivity contribution is 5.75. The Balaban J connectivity index is 2.12. The molecule has 5 atom stereocenters. The second kappa shape index (κ2) is 3.85. The molecule has 3 heteroatoms. The van der Waals surface area contributed by atoms with Crippen molar-refractivity contribution in [3.8, 4) is 0 Å². The molecule has 3 aliphatic rings. The molecular weight excluding hydrogens is 240 g/mol. The molecule has 0 aromatic rings. The van der Waals surface area contributed by atoms with Crippen molar-refractivity contribution in [2.24, 2.45) is 17.3 Å². The molecule has 0 unspecified atom stereocenters. The van der Waals surface area contributed by atoms with Crippen molar-refractivity contribution in [2.45, 2.75) is 65.1 Å². The number of hydrogen-bond acceptors (Lipinski definition) is 3. The second-order valence-electron chi connectivity index (χ2n) is 7.15. The first-order chi connectivity index (χ1) is 8.78. The molecule has 0 bridgehead atoms. The van der Waals surface area contributed by atoms with Crippen molar-refractivity contribution in [1.82, 2.24) is 0 Å². The minimum Gasteiger partial charge on any atom is -0.457 e. The monoisotopic (exact) mass is 264 g/mol. The summed E-state index contributed by atoms with van der Waals surface area (Å²) in [6.45, 7) is 8.21. The number of allylic oxidation sites excluding steroid dienone is 1. The number of carbonyl (C=O) groups excluding carboxylic acids is 1. The Hall–Kier alpha value is -0.830. The van der Waals surface area contributed by atoms with Gasteiger partial charge in [-0.2, -0.15) is 0 Å². The Bertz CT molecular complexity index is 463. The van der Waals surface area contributed by atoms with Gasteiger partial charge < -0.3 is 9.84 Å². The van der Waals surface area contributed by atoms with E-state index in [-0.39, 0.29) is 29.3 Å². The number of aliphatic hydroxyl groups is 1. The Morgan fingerprint density at radius 1 is 1.32 bits per heavy atom. The third kappa shape index (κ3) is 1.57. The maximum absolute atomic E-state index is 11.9. The fraction of sp³-hybridized carbons (Fsp3) is 0.812. The number of rotatable bonds is 0. The predicted molar refractivity (Wildman–Crippen MR) is 72.4 cm³/mol. The topological polar surface area (TPSA) is 46.5 Å². The standard InChI is InChI=1S/C16H24O3/c1-9-5-7-15(3)12(9)13-11(6-8-16(15,4)18)10(2)14(17)19-13/h10-11,13,18H,5-8H2,1-4H3/t10-,11-,13-,15-,16-/m0/s1. The molecular formula is C16H24O3. The molecule has 1 aliphatic heterocycles. The van der Waals surface area contributed by atoms with Gasteiger partial charge in [-0.25, -0.2) is 0 Å². The lowest BCUT2D eigenvalue weighted by Gasteiger charge is -2.42. The highest BCUT2D eigenvalue weighted by atomic mass is 16.6. The summed E-state index contributed by atoms with van der Waals surface area (Å²) in [5.41, 5.74) is 1.61. The summed E-state index contributed by atoms with van der Waals surface area (Å²) in [6.07, 6.45) is 3.51. The lowest BCUT2D eigenvalue weighted by molar-refractivity contribution is -0.143. The summed E-state index contributed by atoms with van der Waals surface area (Å²) in [4.78, 5) is 11.9. The molecule has 2 aliphatic carbocycles. The van der Waals surface area contributed by atoms with Crippen LogP contribution in [0.3, 0.4) is 0 Å². The largest absolute Gasteiger partial charge is 0.457 e. The highest BCUT2D eigenvalue weighted by Crippen LogP contribution is 2.58. The Labute approximate surface area is 115 Å². The maximum atomic E-state index is 11.9. The van der Waals surface area contributed by atoms with Gasteiger partial charge in [0.25, 0.3) is 0 Å². The van der Waals surface area contributed by atoms with Gasteiger partial charge in [-0.3, -0.25) is 4.79 Å². The van der Waals surface area contributed by atoms with Crippen LogP contribution in [-0.4, -0.2) is 22.8 Å². The fourth-order valence-corrected chi connectivity index (χ4v) is 4.45. The molecule has 1 saturated heterocycles. The molecule has 0 aromatic carbocycles. The third-order valence-corrected chi connectivity index (χ3v) is 6.14. The summed E-state index contributed by atoms with van der Waals surface area (Å²) in [7, 11) is 0. The van der Waals surface area contributed by atoms with Gasteiger partial charge in [0.2, 0.25) is 0 Å². The first-order valence-electron chi connectivity index (χ1n) is 7.41. The highest BCUT2D eigenvalue weighted by Gasteiger charge is 2.58. The molecule has 0 aromatic heterocycles. The smallest absolute Gasteiger partial charge is 0.309 e. The van der Waals surface area contributed by atoms with Crippen molar-refractivity contribution >= 4 is 5.97 Å². The van der Waals surface area contributed by atoms with E-state index in [4.69, 9.17) is 4.74 Å². The number of esters is 1. The van der Waals surface area contributed by atoms with Crippen LogP contribution in [0.1, 0.15) is 53.4 Å². The summed E-state index contributed by atoms with van der Waals surface area (Å²) >= 11 is 0. The summed E-state index contributed by atoms with van der Waals surface area (Å²) < 4.78 is 5.69. The molecule has 1 saturated carbocycles. The van der Waals surface area contributed by atoms with Crippen LogP contribution in [-0.2, 0) is 9.53 Å². The van der Waals surface area contributed by atoms with Gasteiger partial charge in [0.05, 0.1) is 11.5 Å². The fourth-order valence-electron chi connectivity index (χ4n) is 4.45. The van der Waals surface area contributed by atoms with Gasteiger partial charge in [-0.15, -0.1) is 0 Å². The van der Waals surface area contributed by atoms with E-state index in [9.17, 15) is 9.90 Å². The quantitative estimate of drug-likeness (QED) is 0.540. The van der Waals surface area contributed by atoms with E-state index in [1.54, 1.807) is 0 Å². The molecule has 1 N–H and O–H groups in total. The lowest BCUT2D eigenvalue weighted by atomic mass is 9.68. The number of fused-ring (bicyclic) bond motifs is 3. The summed E-state index contributed by atoms with van der Waals surface area (Å²) in [6, 6.07) is 0. The first kappa shape index (κ1) is 13.2. The van der Waals surface area contributed by atoms with E-state index in [0.717, 1.165) is 25.7 Å². The van der Waals surface area contributed by atoms with Gasteiger partial charge in [-0.05, 0) is 45.1 Å². The van der Waals surface area contributed by atoms with E-state index < -0.39 is 5.60 Å². The molecule has 0 spiro atoms. The molecule has 1 heterocycles. The predicted octanol–water partition coefficient (Wildman–Crippen LogP) is 2.83. The van der Waals surface area contributed by atoms with Crippen LogP contribution >= 0.6 is 0 Å². The van der Waals surface area contributed by atoms with Crippen LogP contribution < -0.4 is 0 Å². The van der Waals surface area contributed by atoms with Crippen LogP contribution in [0.5, 0.6) is 0 Å². The van der Waals surface area contributed by atoms with E-state index in [0.29, 0.717) is 0 Å². The van der Waals surface area contributed by atoms with E-state index in [1.807, 2.05) is 13.8 Å². The van der Waals surface area contributed by atoms with Crippen LogP contribution in [0.15, 0.2) is 11.1 Å². The molecule has 3 nitrogen and oxygen atoms in total. The van der Waals surface area contributed by atoms with Crippen LogP contribution in [0, 0.1) is 17.3 Å². The maximum Gasteiger partial charge on any atom is 0.309 e. The summed E-state index contributed by atoms with van der Waals surface area (Å²) in [5.74, 6) is 0.138. The Kier molecular flexibility index (Phi) is 2.66. The average Bonchev–Trinajstić information content (AvgIpc) is 2.75. The number of ether oxygens (including phenoxy) is 1. The summed E-state index contributed by atoms with van der Waals surface area (Å²) in [5, 5.41) is 10.9. The first-order valence-corrected chi connectivity index (χ1v) is 7.41. The van der Waals surface area contributed by atoms with Gasteiger partial charge >= 0.3 is 5.97 Å². The minimum absolute atomic E-state index is 0.0379. The molecule has 0 amide bonds. The zero-order valence-electron chi connectivity index (χ0n) is 12.3. The van der Waals surface area contributed by atoms with E-state index in [1.165, 1.54) is 11.1 Å². The zero-order chi connectivity index (χ0) is 14.0.